The Kier molecular flexibility index (Phi) is 4.61. The first-order valence-corrected chi connectivity index (χ1v) is 6.69. The van der Waals surface area contributed by atoms with E-state index < -0.39 is 0 Å². The van der Waals surface area contributed by atoms with Crippen molar-refractivity contribution in [3.63, 3.8) is 0 Å². The molecule has 1 aliphatic rings. The van der Waals surface area contributed by atoms with Crippen molar-refractivity contribution in [1.82, 2.24) is 5.32 Å². The summed E-state index contributed by atoms with van der Waals surface area (Å²) in [6, 6.07) is 6.67. The van der Waals surface area contributed by atoms with Gasteiger partial charge < -0.3 is 14.8 Å². The third-order valence-corrected chi connectivity index (χ3v) is 3.57. The van der Waals surface area contributed by atoms with Crippen LogP contribution in [0.4, 0.5) is 0 Å². The van der Waals surface area contributed by atoms with Gasteiger partial charge in [0.05, 0.1) is 13.2 Å². The van der Waals surface area contributed by atoms with Gasteiger partial charge >= 0.3 is 0 Å². The summed E-state index contributed by atoms with van der Waals surface area (Å²) in [7, 11) is 1.72. The van der Waals surface area contributed by atoms with Crippen LogP contribution < -0.4 is 10.1 Å². The highest BCUT2D eigenvalue weighted by molar-refractivity contribution is 5.36. The molecule has 0 spiro atoms. The third-order valence-electron chi connectivity index (χ3n) is 3.57. The van der Waals surface area contributed by atoms with E-state index in [1.165, 1.54) is 24.0 Å². The zero-order valence-corrected chi connectivity index (χ0v) is 11.5. The first-order chi connectivity index (χ1) is 8.70. The van der Waals surface area contributed by atoms with E-state index in [9.17, 15) is 0 Å². The van der Waals surface area contributed by atoms with Crippen molar-refractivity contribution < 1.29 is 9.47 Å². The molecule has 0 amide bonds. The average molecular weight is 249 g/mol. The molecule has 1 saturated heterocycles. The maximum Gasteiger partial charge on any atom is 0.123 e. The van der Waals surface area contributed by atoms with E-state index in [-0.39, 0.29) is 0 Å². The van der Waals surface area contributed by atoms with E-state index in [2.05, 4.69) is 31.3 Å². The zero-order chi connectivity index (χ0) is 13.0. The molecule has 1 aromatic carbocycles. The van der Waals surface area contributed by atoms with Crippen molar-refractivity contribution >= 4 is 0 Å². The molecule has 0 aliphatic carbocycles. The lowest BCUT2D eigenvalue weighted by atomic mass is 10.1. The van der Waals surface area contributed by atoms with Gasteiger partial charge in [-0.3, -0.25) is 0 Å². The highest BCUT2D eigenvalue weighted by Crippen LogP contribution is 2.20. The highest BCUT2D eigenvalue weighted by Gasteiger charge is 2.21. The second-order valence-corrected chi connectivity index (χ2v) is 5.04. The highest BCUT2D eigenvalue weighted by atomic mass is 16.5. The van der Waals surface area contributed by atoms with E-state index in [0.29, 0.717) is 12.1 Å². The van der Waals surface area contributed by atoms with Crippen LogP contribution in [0.1, 0.15) is 30.9 Å². The summed E-state index contributed by atoms with van der Waals surface area (Å²) in [5.41, 5.74) is 2.47. The van der Waals surface area contributed by atoms with Crippen LogP contribution in [0.15, 0.2) is 18.2 Å². The zero-order valence-electron chi connectivity index (χ0n) is 11.5. The normalized spacial score (nSPS) is 20.9. The molecule has 3 nitrogen and oxygen atoms in total. The number of ether oxygens (including phenoxy) is 2. The average Bonchev–Trinajstić information content (AvgIpc) is 2.90. The van der Waals surface area contributed by atoms with Crippen molar-refractivity contribution in [2.45, 2.75) is 45.4 Å². The van der Waals surface area contributed by atoms with Gasteiger partial charge in [0.25, 0.3) is 0 Å². The van der Waals surface area contributed by atoms with Crippen molar-refractivity contribution in [3.05, 3.63) is 29.3 Å². The first kappa shape index (κ1) is 13.4. The molecule has 0 bridgehead atoms. The van der Waals surface area contributed by atoms with Crippen LogP contribution in [-0.2, 0) is 11.3 Å². The maximum absolute atomic E-state index is 5.69. The minimum atomic E-state index is 0.362. The fraction of sp³-hybridized carbons (Fsp3) is 0.600. The van der Waals surface area contributed by atoms with Crippen molar-refractivity contribution in [2.24, 2.45) is 0 Å². The Labute approximate surface area is 109 Å². The number of rotatable bonds is 5. The van der Waals surface area contributed by atoms with Gasteiger partial charge in [-0.2, -0.15) is 0 Å². The van der Waals surface area contributed by atoms with Crippen LogP contribution in [0.2, 0.25) is 0 Å². The predicted molar refractivity (Wildman–Crippen MR) is 73.0 cm³/mol. The van der Waals surface area contributed by atoms with Crippen LogP contribution in [0.25, 0.3) is 0 Å². The first-order valence-electron chi connectivity index (χ1n) is 6.69. The minimum absolute atomic E-state index is 0.362. The lowest BCUT2D eigenvalue weighted by molar-refractivity contribution is 0.0831. The lowest BCUT2D eigenvalue weighted by Gasteiger charge is -2.21. The standard InChI is InChI=1S/C15H23NO2/c1-11-6-7-15(17-3)13(9-11)10-16-12(2)14-5-4-8-18-14/h6-7,9,12,14,16H,4-5,8,10H2,1-3H3. The van der Waals surface area contributed by atoms with Crippen molar-refractivity contribution in [1.29, 1.82) is 0 Å². The number of aryl methyl sites for hydroxylation is 1. The van der Waals surface area contributed by atoms with Gasteiger partial charge in [-0.15, -0.1) is 0 Å². The van der Waals surface area contributed by atoms with Gasteiger partial charge in [0.15, 0.2) is 0 Å². The molecule has 0 saturated carbocycles. The molecule has 1 heterocycles. The van der Waals surface area contributed by atoms with Crippen molar-refractivity contribution in [3.8, 4) is 5.75 Å². The Morgan fingerprint density at radius 3 is 3.00 bits per heavy atom. The summed E-state index contributed by atoms with van der Waals surface area (Å²) in [4.78, 5) is 0. The number of hydrogen-bond donors (Lipinski definition) is 1. The number of methoxy groups -OCH3 is 1. The van der Waals surface area contributed by atoms with E-state index >= 15 is 0 Å². The summed E-state index contributed by atoms with van der Waals surface area (Å²) in [5.74, 6) is 0.952. The van der Waals surface area contributed by atoms with E-state index in [0.717, 1.165) is 18.9 Å². The smallest absolute Gasteiger partial charge is 0.123 e. The van der Waals surface area contributed by atoms with Gasteiger partial charge in [0.1, 0.15) is 5.75 Å². The van der Waals surface area contributed by atoms with Crippen LogP contribution in [0.3, 0.4) is 0 Å². The molecule has 2 atom stereocenters. The van der Waals surface area contributed by atoms with E-state index in [4.69, 9.17) is 9.47 Å². The largest absolute Gasteiger partial charge is 0.496 e. The van der Waals surface area contributed by atoms with E-state index in [1.807, 2.05) is 6.07 Å². The monoisotopic (exact) mass is 249 g/mol. The summed E-state index contributed by atoms with van der Waals surface area (Å²) in [5, 5.41) is 3.54. The minimum Gasteiger partial charge on any atom is -0.496 e. The molecule has 3 heteroatoms. The lowest BCUT2D eigenvalue weighted by Crippen LogP contribution is -2.36. The summed E-state index contributed by atoms with van der Waals surface area (Å²) in [6.07, 6.45) is 2.71. The Bertz CT molecular complexity index is 386. The fourth-order valence-corrected chi connectivity index (χ4v) is 2.44. The fourth-order valence-electron chi connectivity index (χ4n) is 2.44. The number of benzene rings is 1. The summed E-state index contributed by atoms with van der Waals surface area (Å²) in [6.45, 7) is 6.03. The molecular weight excluding hydrogens is 226 g/mol. The molecule has 2 rings (SSSR count). The van der Waals surface area contributed by atoms with Crippen LogP contribution in [0.5, 0.6) is 5.75 Å². The summed E-state index contributed by atoms with van der Waals surface area (Å²) < 4.78 is 11.1. The summed E-state index contributed by atoms with van der Waals surface area (Å²) >= 11 is 0. The van der Waals surface area contributed by atoms with Gasteiger partial charge in [-0.05, 0) is 32.8 Å². The Morgan fingerprint density at radius 2 is 2.33 bits per heavy atom. The maximum atomic E-state index is 5.69. The Hall–Kier alpha value is -1.06. The van der Waals surface area contributed by atoms with Gasteiger partial charge in [0.2, 0.25) is 0 Å². The molecule has 2 unspecified atom stereocenters. The van der Waals surface area contributed by atoms with Gasteiger partial charge in [-0.25, -0.2) is 0 Å². The van der Waals surface area contributed by atoms with E-state index in [1.54, 1.807) is 7.11 Å². The molecule has 100 valence electrons. The second-order valence-electron chi connectivity index (χ2n) is 5.04. The molecule has 1 N–H and O–H groups in total. The van der Waals surface area contributed by atoms with Crippen LogP contribution in [-0.4, -0.2) is 25.9 Å². The van der Waals surface area contributed by atoms with Gasteiger partial charge in [0, 0.05) is 24.8 Å². The molecule has 1 aromatic rings. The molecule has 0 radical (unpaired) electrons. The quantitative estimate of drug-likeness (QED) is 0.870. The third kappa shape index (κ3) is 3.24. The predicted octanol–water partition coefficient (Wildman–Crippen LogP) is 2.66. The molecular formula is C15H23NO2. The number of nitrogens with one attached hydrogen (secondary N) is 1. The SMILES string of the molecule is COc1ccc(C)cc1CNC(C)C1CCCO1. The Balaban J connectivity index is 1.94. The second kappa shape index (κ2) is 6.21. The molecule has 0 aromatic heterocycles. The molecule has 1 fully saturated rings. The van der Waals surface area contributed by atoms with Crippen LogP contribution >= 0.6 is 0 Å². The topological polar surface area (TPSA) is 30.5 Å². The van der Waals surface area contributed by atoms with Crippen LogP contribution in [0, 0.1) is 6.92 Å². The Morgan fingerprint density at radius 1 is 1.50 bits per heavy atom. The molecule has 18 heavy (non-hydrogen) atoms. The van der Waals surface area contributed by atoms with Crippen molar-refractivity contribution in [2.75, 3.05) is 13.7 Å². The number of hydrogen-bond acceptors (Lipinski definition) is 3. The molecule has 1 aliphatic heterocycles. The van der Waals surface area contributed by atoms with Gasteiger partial charge in [-0.1, -0.05) is 17.7 Å².